The number of thiophene rings is 1. The fourth-order valence-corrected chi connectivity index (χ4v) is 20.4. The van der Waals surface area contributed by atoms with Gasteiger partial charge in [0.05, 0.1) is 39.1 Å². The maximum Gasteiger partial charge on any atom is 0.264 e. The molecule has 21 rings (SSSR count). The molecule has 476 valence electrons. The van der Waals surface area contributed by atoms with E-state index in [1.807, 2.05) is 11.3 Å². The lowest BCUT2D eigenvalue weighted by Gasteiger charge is -2.46. The molecule has 9 heteroatoms. The number of rotatable bonds is 5. The highest BCUT2D eigenvalue weighted by Crippen LogP contribution is 2.55. The van der Waals surface area contributed by atoms with Crippen LogP contribution in [-0.2, 0) is 21.7 Å². The van der Waals surface area contributed by atoms with Gasteiger partial charge < -0.3 is 28.6 Å². The van der Waals surface area contributed by atoms with E-state index in [4.69, 9.17) is 4.74 Å². The highest BCUT2D eigenvalue weighted by molar-refractivity contribution is 7.33. The highest BCUT2D eigenvalue weighted by Gasteiger charge is 2.50. The zero-order valence-electron chi connectivity index (χ0n) is 57.2. The molecule has 3 aromatic heterocycles. The van der Waals surface area contributed by atoms with Crippen LogP contribution in [0.4, 0.5) is 51.2 Å². The Labute approximate surface area is 583 Å². The summed E-state index contributed by atoms with van der Waals surface area (Å²) in [6.45, 7) is 19.3. The van der Waals surface area contributed by atoms with Gasteiger partial charge in [0.2, 0.25) is 0 Å². The summed E-state index contributed by atoms with van der Waals surface area (Å²) in [5, 5.41) is 6.20. The maximum atomic E-state index is 7.95. The van der Waals surface area contributed by atoms with Crippen molar-refractivity contribution in [1.29, 1.82) is 0 Å². The molecule has 0 radical (unpaired) electrons. The van der Waals surface area contributed by atoms with Crippen molar-refractivity contribution in [3.8, 4) is 22.9 Å². The Morgan fingerprint density at radius 3 is 1.34 bits per heavy atom. The summed E-state index contributed by atoms with van der Waals surface area (Å²) in [5.74, 6) is 1.74. The van der Waals surface area contributed by atoms with Gasteiger partial charge in [-0.3, -0.25) is 0 Å². The summed E-state index contributed by atoms with van der Waals surface area (Å²) in [6.07, 6.45) is 4.57. The summed E-state index contributed by atoms with van der Waals surface area (Å²) >= 11 is 1.97. The maximum absolute atomic E-state index is 7.95. The van der Waals surface area contributed by atoms with Gasteiger partial charge in [-0.1, -0.05) is 201 Å². The first-order chi connectivity index (χ1) is 48.1. The highest BCUT2D eigenvalue weighted by atomic mass is 32.1. The second-order valence-electron chi connectivity index (χ2n) is 31.6. The molecule has 0 spiro atoms. The van der Waals surface area contributed by atoms with Gasteiger partial charge in [-0.15, -0.1) is 11.3 Å². The largest absolute Gasteiger partial charge is 0.458 e. The molecule has 7 heterocycles. The third kappa shape index (κ3) is 7.97. The molecule has 2 aliphatic carbocycles. The minimum Gasteiger partial charge on any atom is -0.458 e. The van der Waals surface area contributed by atoms with E-state index >= 15 is 0 Å². The fraction of sp³-hybridized carbons (Fsp3) is 0.178. The van der Waals surface area contributed by atoms with Crippen molar-refractivity contribution in [3.05, 3.63) is 271 Å². The Balaban J connectivity index is 0.861. The first kappa shape index (κ1) is 57.6. The van der Waals surface area contributed by atoms with E-state index in [-0.39, 0.29) is 35.1 Å². The molecular formula is C90H73B2N5OS. The van der Waals surface area contributed by atoms with Gasteiger partial charge in [-0.05, 0) is 188 Å². The lowest BCUT2D eigenvalue weighted by molar-refractivity contribution is 0.332. The molecule has 15 aromatic rings. The van der Waals surface area contributed by atoms with Crippen LogP contribution in [0.25, 0.3) is 65.1 Å². The molecule has 0 amide bonds. The zero-order chi connectivity index (χ0) is 66.3. The smallest absolute Gasteiger partial charge is 0.264 e. The molecule has 0 fully saturated rings. The third-order valence-corrected chi connectivity index (χ3v) is 25.4. The second-order valence-corrected chi connectivity index (χ2v) is 32.7. The summed E-state index contributed by atoms with van der Waals surface area (Å²) < 4.78 is 15.6. The molecule has 6 aliphatic rings. The van der Waals surface area contributed by atoms with Crippen molar-refractivity contribution >= 4 is 162 Å². The van der Waals surface area contributed by atoms with Crippen LogP contribution in [0.5, 0.6) is 11.5 Å². The Morgan fingerprint density at radius 2 is 0.768 bits per heavy atom. The molecule has 12 aromatic carbocycles. The van der Waals surface area contributed by atoms with Crippen molar-refractivity contribution in [2.45, 2.75) is 103 Å². The Kier molecular flexibility index (Phi) is 11.7. The van der Waals surface area contributed by atoms with Gasteiger partial charge in [-0.2, -0.15) is 0 Å². The SMILES string of the molecule is CC1(C)CCC(C)(C)c2cc(N3c4ccccc4B4c5cc6c(cc5Oc5cc(-n7c8ccccc8c8ccccc87)cc3c54)N(c3ccccc3)c3cc(-n4c5ccccc5c5ccccc54)cc4c3B6c3sc5ccccc5c3N4c3ccc4c(c3)C(C)(C)CCC4(C)C)ccc21. The minimum absolute atomic E-state index is 0.00188. The average molecular weight is 1290 g/mol. The molecule has 0 atom stereocenters. The van der Waals surface area contributed by atoms with Crippen LogP contribution < -0.4 is 51.5 Å². The molecule has 0 saturated heterocycles. The number of ether oxygens (including phenoxy) is 1. The number of nitrogens with zero attached hydrogens (tertiary/aromatic N) is 5. The predicted octanol–water partition coefficient (Wildman–Crippen LogP) is 20.3. The first-order valence-corrected chi connectivity index (χ1v) is 36.4. The summed E-state index contributed by atoms with van der Waals surface area (Å²) in [4.78, 5) is 7.87. The molecule has 99 heavy (non-hydrogen) atoms. The van der Waals surface area contributed by atoms with Crippen molar-refractivity contribution in [2.24, 2.45) is 0 Å². The quantitative estimate of drug-likeness (QED) is 0.161. The van der Waals surface area contributed by atoms with E-state index in [1.54, 1.807) is 0 Å². The van der Waals surface area contributed by atoms with Crippen LogP contribution in [0.2, 0.25) is 0 Å². The number of benzene rings is 12. The average Bonchev–Trinajstić information content (AvgIpc) is 1.64. The monoisotopic (exact) mass is 1290 g/mol. The summed E-state index contributed by atoms with van der Waals surface area (Å²) in [7, 11) is 0. The van der Waals surface area contributed by atoms with Crippen molar-refractivity contribution in [1.82, 2.24) is 9.13 Å². The number of hydrogen-bond acceptors (Lipinski definition) is 5. The molecule has 0 unspecified atom stereocenters. The summed E-state index contributed by atoms with van der Waals surface area (Å²) in [6, 6.07) is 95.3. The van der Waals surface area contributed by atoms with E-state index in [0.717, 1.165) is 82.3 Å². The topological polar surface area (TPSA) is 28.8 Å². The molecule has 0 saturated carbocycles. The van der Waals surface area contributed by atoms with E-state index < -0.39 is 0 Å². The molecule has 0 N–H and O–H groups in total. The van der Waals surface area contributed by atoms with E-state index in [1.165, 1.54) is 125 Å². The van der Waals surface area contributed by atoms with E-state index in [2.05, 4.69) is 328 Å². The van der Waals surface area contributed by atoms with Crippen LogP contribution in [0, 0.1) is 0 Å². The van der Waals surface area contributed by atoms with Gasteiger partial charge in [0, 0.05) is 94.0 Å². The minimum atomic E-state index is -0.175. The fourth-order valence-electron chi connectivity index (χ4n) is 19.1. The van der Waals surface area contributed by atoms with Crippen LogP contribution in [-0.4, -0.2) is 22.6 Å². The third-order valence-electron chi connectivity index (χ3n) is 24.2. The molecule has 0 bridgehead atoms. The lowest BCUT2D eigenvalue weighted by Crippen LogP contribution is -2.64. The molecule has 4 aliphatic heterocycles. The van der Waals surface area contributed by atoms with Gasteiger partial charge in [0.1, 0.15) is 11.5 Å². The summed E-state index contributed by atoms with van der Waals surface area (Å²) in [5.41, 5.74) is 29.5. The van der Waals surface area contributed by atoms with Gasteiger partial charge >= 0.3 is 0 Å². The predicted molar refractivity (Wildman–Crippen MR) is 421 cm³/mol. The van der Waals surface area contributed by atoms with Crippen LogP contribution in [0.15, 0.2) is 249 Å². The van der Waals surface area contributed by atoms with Crippen molar-refractivity contribution in [2.75, 3.05) is 14.7 Å². The van der Waals surface area contributed by atoms with Crippen LogP contribution in [0.1, 0.15) is 103 Å². The Hall–Kier alpha value is -10.5. The molecular weight excluding hydrogens is 1220 g/mol. The standard InChI is InChI=1S/C90H73B2N5OS/c1-87(2)42-44-89(5,6)66-46-55(38-40-64(66)87)94-75-36-22-17-31-68(75)91-70-52-69-76(53-80(70)98-81-51-58(50-79(94)84(81)91)96-73-34-20-14-28-61(73)62-29-15-21-35-74(62)96)93(54-24-10-9-11-25-54)77-48-57(95-71-32-18-12-26-59(71)60-27-13-19-33-72(60)95)49-78-83(77)92(69)86-85(63-30-16-23-37-82(63)99-86)97(78)56-39-41-65-67(47-56)90(7,8)45-43-88(65,3)4/h9-41,46-53H,42-45H2,1-8H3. The number of anilines is 9. The number of para-hydroxylation sites is 6. The van der Waals surface area contributed by atoms with Crippen molar-refractivity contribution in [3.63, 3.8) is 0 Å². The van der Waals surface area contributed by atoms with E-state index in [9.17, 15) is 0 Å². The number of hydrogen-bond donors (Lipinski definition) is 0. The first-order valence-electron chi connectivity index (χ1n) is 35.6. The number of fused-ring (bicyclic) bond motifs is 18. The number of aromatic nitrogens is 2. The Bertz CT molecular complexity index is 5940. The van der Waals surface area contributed by atoms with Gasteiger partial charge in [0.25, 0.3) is 13.4 Å². The van der Waals surface area contributed by atoms with Gasteiger partial charge in [-0.25, -0.2) is 0 Å². The lowest BCUT2D eigenvalue weighted by atomic mass is 9.31. The zero-order valence-corrected chi connectivity index (χ0v) is 58.0. The van der Waals surface area contributed by atoms with Gasteiger partial charge in [0.15, 0.2) is 0 Å². The van der Waals surface area contributed by atoms with E-state index in [0.29, 0.717) is 0 Å². The normalized spacial score (nSPS) is 16.8. The van der Waals surface area contributed by atoms with Crippen molar-refractivity contribution < 1.29 is 4.74 Å². The molecule has 6 nitrogen and oxygen atoms in total. The van der Waals surface area contributed by atoms with Crippen LogP contribution >= 0.6 is 11.3 Å². The Morgan fingerprint density at radius 1 is 0.313 bits per heavy atom. The van der Waals surface area contributed by atoms with Crippen LogP contribution in [0.3, 0.4) is 0 Å². The second kappa shape index (κ2) is 20.1.